The van der Waals surface area contributed by atoms with E-state index in [0.717, 1.165) is 23.9 Å². The van der Waals surface area contributed by atoms with Crippen LogP contribution in [0.3, 0.4) is 0 Å². The predicted octanol–water partition coefficient (Wildman–Crippen LogP) is 2.94. The Morgan fingerprint density at radius 1 is 1.37 bits per heavy atom. The first kappa shape index (κ1) is 12.7. The van der Waals surface area contributed by atoms with Crippen molar-refractivity contribution in [1.82, 2.24) is 10.3 Å². The van der Waals surface area contributed by atoms with E-state index in [-0.39, 0.29) is 0 Å². The van der Waals surface area contributed by atoms with Gasteiger partial charge in [-0.2, -0.15) is 0 Å². The number of hydrogen-bond acceptors (Lipinski definition) is 3. The van der Waals surface area contributed by atoms with E-state index in [4.69, 9.17) is 4.74 Å². The first-order chi connectivity index (χ1) is 9.29. The van der Waals surface area contributed by atoms with E-state index in [2.05, 4.69) is 22.4 Å². The zero-order valence-corrected chi connectivity index (χ0v) is 11.8. The molecule has 102 valence electrons. The number of rotatable bonds is 2. The van der Waals surface area contributed by atoms with Crippen LogP contribution in [-0.2, 0) is 0 Å². The van der Waals surface area contributed by atoms with E-state index in [0.29, 0.717) is 6.04 Å². The fraction of sp³-hybridized carbons (Fsp3) is 0.562. The number of fused-ring (bicyclic) bond motifs is 1. The van der Waals surface area contributed by atoms with E-state index >= 15 is 0 Å². The SMILES string of the molecule is COc1cc(C2=CCCC3CCCNC23)cnc1C. The second kappa shape index (κ2) is 5.33. The maximum absolute atomic E-state index is 5.40. The molecule has 1 saturated heterocycles. The van der Waals surface area contributed by atoms with Gasteiger partial charge in [0.15, 0.2) is 0 Å². The third kappa shape index (κ3) is 2.39. The van der Waals surface area contributed by atoms with Crippen LogP contribution in [0, 0.1) is 12.8 Å². The normalized spacial score (nSPS) is 26.5. The number of pyridine rings is 1. The van der Waals surface area contributed by atoms with Crippen LogP contribution in [0.15, 0.2) is 18.3 Å². The zero-order chi connectivity index (χ0) is 13.2. The zero-order valence-electron chi connectivity index (χ0n) is 11.8. The van der Waals surface area contributed by atoms with Gasteiger partial charge < -0.3 is 10.1 Å². The third-order valence-corrected chi connectivity index (χ3v) is 4.42. The maximum atomic E-state index is 5.40. The number of nitrogens with one attached hydrogen (secondary N) is 1. The van der Waals surface area contributed by atoms with Crippen molar-refractivity contribution in [2.75, 3.05) is 13.7 Å². The van der Waals surface area contributed by atoms with Gasteiger partial charge in [0.25, 0.3) is 0 Å². The van der Waals surface area contributed by atoms with Crippen molar-refractivity contribution in [3.05, 3.63) is 29.6 Å². The monoisotopic (exact) mass is 258 g/mol. The molecule has 0 radical (unpaired) electrons. The van der Waals surface area contributed by atoms with E-state index in [1.54, 1.807) is 7.11 Å². The number of aromatic nitrogens is 1. The number of piperidine rings is 1. The highest BCUT2D eigenvalue weighted by Crippen LogP contribution is 2.36. The van der Waals surface area contributed by atoms with Gasteiger partial charge in [0.2, 0.25) is 0 Å². The molecule has 1 fully saturated rings. The van der Waals surface area contributed by atoms with Crippen LogP contribution >= 0.6 is 0 Å². The van der Waals surface area contributed by atoms with Crippen LogP contribution in [-0.4, -0.2) is 24.7 Å². The minimum atomic E-state index is 0.511. The molecule has 0 bridgehead atoms. The van der Waals surface area contributed by atoms with Gasteiger partial charge >= 0.3 is 0 Å². The number of ether oxygens (including phenoxy) is 1. The van der Waals surface area contributed by atoms with Crippen molar-refractivity contribution >= 4 is 5.57 Å². The molecule has 2 aliphatic rings. The second-order valence-electron chi connectivity index (χ2n) is 5.58. The highest BCUT2D eigenvalue weighted by Gasteiger charge is 2.30. The molecule has 1 aromatic rings. The Bertz CT molecular complexity index is 496. The number of allylic oxidation sites excluding steroid dienone is 1. The molecule has 2 heterocycles. The minimum absolute atomic E-state index is 0.511. The van der Waals surface area contributed by atoms with Crippen molar-refractivity contribution in [3.63, 3.8) is 0 Å². The third-order valence-electron chi connectivity index (χ3n) is 4.42. The molecular formula is C16H22N2O. The van der Waals surface area contributed by atoms with Gasteiger partial charge in [-0.15, -0.1) is 0 Å². The molecule has 19 heavy (non-hydrogen) atoms. The van der Waals surface area contributed by atoms with Gasteiger partial charge in [-0.3, -0.25) is 4.98 Å². The number of aryl methyl sites for hydroxylation is 1. The summed E-state index contributed by atoms with van der Waals surface area (Å²) < 4.78 is 5.40. The Morgan fingerprint density at radius 2 is 2.26 bits per heavy atom. The number of methoxy groups -OCH3 is 1. The Kier molecular flexibility index (Phi) is 3.56. The molecule has 2 unspecified atom stereocenters. The molecule has 1 aliphatic heterocycles. The quantitative estimate of drug-likeness (QED) is 0.885. The van der Waals surface area contributed by atoms with Crippen molar-refractivity contribution in [1.29, 1.82) is 0 Å². The van der Waals surface area contributed by atoms with Gasteiger partial charge in [-0.05, 0) is 56.7 Å². The predicted molar refractivity (Wildman–Crippen MR) is 77.3 cm³/mol. The van der Waals surface area contributed by atoms with Crippen LogP contribution in [0.2, 0.25) is 0 Å². The minimum Gasteiger partial charge on any atom is -0.495 e. The highest BCUT2D eigenvalue weighted by molar-refractivity contribution is 5.71. The van der Waals surface area contributed by atoms with Gasteiger partial charge in [0.1, 0.15) is 5.75 Å². The standard InChI is InChI=1S/C16H22N2O/c1-11-15(19-2)9-13(10-18-11)14-7-3-5-12-6-4-8-17-16(12)14/h7,9-10,12,16-17H,3-6,8H2,1-2H3. The first-order valence-electron chi connectivity index (χ1n) is 7.24. The Balaban J connectivity index is 1.94. The molecule has 1 aliphatic carbocycles. The van der Waals surface area contributed by atoms with Gasteiger partial charge in [0.05, 0.1) is 12.8 Å². The Hall–Kier alpha value is -1.35. The summed E-state index contributed by atoms with van der Waals surface area (Å²) in [7, 11) is 1.71. The van der Waals surface area contributed by atoms with E-state index < -0.39 is 0 Å². The molecule has 0 saturated carbocycles. The molecule has 0 spiro atoms. The lowest BCUT2D eigenvalue weighted by Gasteiger charge is -2.37. The summed E-state index contributed by atoms with van der Waals surface area (Å²) in [5, 5.41) is 3.68. The van der Waals surface area contributed by atoms with Crippen LogP contribution < -0.4 is 10.1 Å². The molecular weight excluding hydrogens is 236 g/mol. The summed E-state index contributed by atoms with van der Waals surface area (Å²) in [5.74, 6) is 1.68. The molecule has 0 aromatic carbocycles. The smallest absolute Gasteiger partial charge is 0.140 e. The molecule has 2 atom stereocenters. The van der Waals surface area contributed by atoms with Gasteiger partial charge in [0, 0.05) is 17.8 Å². The maximum Gasteiger partial charge on any atom is 0.140 e. The molecule has 0 amide bonds. The molecule has 3 heteroatoms. The lowest BCUT2D eigenvalue weighted by atomic mass is 9.77. The fourth-order valence-corrected chi connectivity index (χ4v) is 3.38. The number of hydrogen-bond donors (Lipinski definition) is 1. The van der Waals surface area contributed by atoms with E-state index in [1.807, 2.05) is 13.1 Å². The average Bonchev–Trinajstić information content (AvgIpc) is 2.47. The summed E-state index contributed by atoms with van der Waals surface area (Å²) >= 11 is 0. The lowest BCUT2D eigenvalue weighted by molar-refractivity contribution is 0.303. The topological polar surface area (TPSA) is 34.1 Å². The van der Waals surface area contributed by atoms with Crippen molar-refractivity contribution in [2.24, 2.45) is 5.92 Å². The summed E-state index contributed by atoms with van der Waals surface area (Å²) in [4.78, 5) is 4.47. The largest absolute Gasteiger partial charge is 0.495 e. The van der Waals surface area contributed by atoms with Crippen LogP contribution in [0.5, 0.6) is 5.75 Å². The molecule has 3 rings (SSSR count). The lowest BCUT2D eigenvalue weighted by Crippen LogP contribution is -2.43. The summed E-state index contributed by atoms with van der Waals surface area (Å²) in [5.41, 5.74) is 3.59. The summed E-state index contributed by atoms with van der Waals surface area (Å²) in [6.07, 6.45) is 9.54. The Morgan fingerprint density at radius 3 is 3.11 bits per heavy atom. The number of nitrogens with zero attached hydrogens (tertiary/aromatic N) is 1. The van der Waals surface area contributed by atoms with E-state index in [1.165, 1.54) is 36.8 Å². The average molecular weight is 258 g/mol. The fourth-order valence-electron chi connectivity index (χ4n) is 3.38. The summed E-state index contributed by atoms with van der Waals surface area (Å²) in [6.45, 7) is 3.12. The van der Waals surface area contributed by atoms with Crippen molar-refractivity contribution < 1.29 is 4.74 Å². The molecule has 1 aromatic heterocycles. The van der Waals surface area contributed by atoms with Gasteiger partial charge in [-0.25, -0.2) is 0 Å². The van der Waals surface area contributed by atoms with Crippen molar-refractivity contribution in [3.8, 4) is 5.75 Å². The molecule has 1 N–H and O–H groups in total. The second-order valence-corrected chi connectivity index (χ2v) is 5.58. The van der Waals surface area contributed by atoms with Crippen LogP contribution in [0.4, 0.5) is 0 Å². The van der Waals surface area contributed by atoms with Crippen molar-refractivity contribution in [2.45, 2.75) is 38.6 Å². The first-order valence-corrected chi connectivity index (χ1v) is 7.24. The van der Waals surface area contributed by atoms with Crippen LogP contribution in [0.1, 0.15) is 36.9 Å². The molecule has 3 nitrogen and oxygen atoms in total. The van der Waals surface area contributed by atoms with Gasteiger partial charge in [-0.1, -0.05) is 6.08 Å². The van der Waals surface area contributed by atoms with E-state index in [9.17, 15) is 0 Å². The highest BCUT2D eigenvalue weighted by atomic mass is 16.5. The Labute approximate surface area is 115 Å². The van der Waals surface area contributed by atoms with Crippen LogP contribution in [0.25, 0.3) is 5.57 Å². The summed E-state index contributed by atoms with van der Waals surface area (Å²) in [6, 6.07) is 2.64.